The Morgan fingerprint density at radius 3 is 1.48 bits per heavy atom. The zero-order valence-corrected chi connectivity index (χ0v) is 25.4. The van der Waals surface area contributed by atoms with E-state index in [4.69, 9.17) is 0 Å². The minimum absolute atomic E-state index is 0.173. The minimum Gasteiger partial charge on any atom is -0.508 e. The summed E-state index contributed by atoms with van der Waals surface area (Å²) in [5.41, 5.74) is 6.40. The Hall–Kier alpha value is -1.96. The lowest BCUT2D eigenvalue weighted by Crippen LogP contribution is -2.63. The van der Waals surface area contributed by atoms with Gasteiger partial charge in [0.1, 0.15) is 11.5 Å². The van der Waals surface area contributed by atoms with Gasteiger partial charge in [0, 0.05) is 0 Å². The van der Waals surface area contributed by atoms with Gasteiger partial charge in [0.05, 0.1) is 0 Å². The summed E-state index contributed by atoms with van der Waals surface area (Å²) < 4.78 is 0. The van der Waals surface area contributed by atoms with Crippen molar-refractivity contribution in [2.45, 2.75) is 146 Å². The van der Waals surface area contributed by atoms with Crippen LogP contribution in [0, 0.1) is 16.7 Å². The molecule has 0 aromatic heterocycles. The first kappa shape index (κ1) is 26.9. The molecule has 8 rings (SSSR count). The standard InChI is InChI=1S/C38H52O2/c1-35(2,3)38-22-26-20-36(24-38,29-14-16-33(39)31(18-29)27-10-6-4-7-11-27)23-37(21-26,25-38)30-15-17-34(40)32(19-30)28-12-8-5-9-13-28/h14-19,26-28,39-40H,4-13,20-25H2,1-3H3. The van der Waals surface area contributed by atoms with Gasteiger partial charge < -0.3 is 10.2 Å². The van der Waals surface area contributed by atoms with Gasteiger partial charge in [-0.3, -0.25) is 0 Å². The van der Waals surface area contributed by atoms with Crippen LogP contribution in [0.3, 0.4) is 0 Å². The lowest BCUT2D eigenvalue weighted by atomic mass is 9.34. The predicted molar refractivity (Wildman–Crippen MR) is 164 cm³/mol. The smallest absolute Gasteiger partial charge is 0.119 e. The van der Waals surface area contributed by atoms with Crippen molar-refractivity contribution in [2.24, 2.45) is 16.7 Å². The van der Waals surface area contributed by atoms with Gasteiger partial charge in [0.15, 0.2) is 0 Å². The van der Waals surface area contributed by atoms with Crippen LogP contribution in [0.25, 0.3) is 0 Å². The largest absolute Gasteiger partial charge is 0.508 e. The lowest BCUT2D eigenvalue weighted by Gasteiger charge is -2.70. The third-order valence-electron chi connectivity index (χ3n) is 13.0. The normalized spacial score (nSPS) is 34.8. The second kappa shape index (κ2) is 9.53. The van der Waals surface area contributed by atoms with E-state index >= 15 is 0 Å². The molecule has 0 radical (unpaired) electrons. The molecule has 6 aliphatic carbocycles. The van der Waals surface area contributed by atoms with Gasteiger partial charge in [-0.15, -0.1) is 0 Å². The second-order valence-corrected chi connectivity index (χ2v) is 16.3. The number of hydrogen-bond acceptors (Lipinski definition) is 2. The zero-order chi connectivity index (χ0) is 27.8. The zero-order valence-electron chi connectivity index (χ0n) is 25.4. The van der Waals surface area contributed by atoms with E-state index in [1.54, 1.807) is 0 Å². The van der Waals surface area contributed by atoms with E-state index in [1.807, 2.05) is 0 Å². The SMILES string of the molecule is CC(C)(C)C12CC3CC(c4ccc(O)c(C5CCCCC5)c4)(CC(c4ccc(O)c(C5CCCCC5)c4)(C3)C1)C2. The van der Waals surface area contributed by atoms with E-state index in [1.165, 1.54) is 125 Å². The van der Waals surface area contributed by atoms with E-state index in [2.05, 4.69) is 57.2 Å². The van der Waals surface area contributed by atoms with Crippen molar-refractivity contribution in [2.75, 3.05) is 0 Å². The van der Waals surface area contributed by atoms with E-state index in [9.17, 15) is 10.2 Å². The van der Waals surface area contributed by atoms with Crippen molar-refractivity contribution in [3.05, 3.63) is 58.7 Å². The number of benzene rings is 2. The first-order chi connectivity index (χ1) is 19.1. The van der Waals surface area contributed by atoms with Crippen LogP contribution in [0.1, 0.15) is 158 Å². The van der Waals surface area contributed by atoms with Gasteiger partial charge in [-0.1, -0.05) is 83.6 Å². The molecule has 0 spiro atoms. The number of rotatable bonds is 4. The molecule has 2 N–H and O–H groups in total. The summed E-state index contributed by atoms with van der Waals surface area (Å²) in [6.07, 6.45) is 20.5. The molecule has 2 nitrogen and oxygen atoms in total. The fourth-order valence-corrected chi connectivity index (χ4v) is 11.2. The molecule has 2 unspecified atom stereocenters. The molecule has 40 heavy (non-hydrogen) atoms. The summed E-state index contributed by atoms with van der Waals surface area (Å²) in [7, 11) is 0. The van der Waals surface area contributed by atoms with Crippen molar-refractivity contribution >= 4 is 0 Å². The van der Waals surface area contributed by atoms with Crippen LogP contribution >= 0.6 is 0 Å². The highest BCUT2D eigenvalue weighted by atomic mass is 16.3. The molecule has 0 amide bonds. The molecule has 216 valence electrons. The molecule has 0 aliphatic heterocycles. The number of hydrogen-bond donors (Lipinski definition) is 2. The molecule has 6 saturated carbocycles. The van der Waals surface area contributed by atoms with Crippen LogP contribution < -0.4 is 0 Å². The summed E-state index contributed by atoms with van der Waals surface area (Å²) in [5, 5.41) is 22.1. The molecule has 4 bridgehead atoms. The molecule has 2 heteroatoms. The highest BCUT2D eigenvalue weighted by Crippen LogP contribution is 2.74. The first-order valence-electron chi connectivity index (χ1n) is 16.8. The number of phenolic OH excluding ortho intramolecular Hbond substituents is 2. The molecule has 0 saturated heterocycles. The van der Waals surface area contributed by atoms with Crippen molar-refractivity contribution in [1.29, 1.82) is 0 Å². The maximum Gasteiger partial charge on any atom is 0.119 e. The van der Waals surface area contributed by atoms with E-state index in [0.717, 1.165) is 5.92 Å². The maximum atomic E-state index is 11.0. The fourth-order valence-electron chi connectivity index (χ4n) is 11.2. The van der Waals surface area contributed by atoms with Gasteiger partial charge in [-0.2, -0.15) is 0 Å². The molecule has 6 aliphatic rings. The predicted octanol–water partition coefficient (Wildman–Crippen LogP) is 10.4. The highest BCUT2D eigenvalue weighted by Gasteiger charge is 2.66. The van der Waals surface area contributed by atoms with Gasteiger partial charge in [0.2, 0.25) is 0 Å². The van der Waals surface area contributed by atoms with Crippen LogP contribution in [0.15, 0.2) is 36.4 Å². The summed E-state index contributed by atoms with van der Waals surface area (Å²) in [6.45, 7) is 7.53. The highest BCUT2D eigenvalue weighted by molar-refractivity contribution is 5.48. The molecule has 2 atom stereocenters. The quantitative estimate of drug-likeness (QED) is 0.405. The summed E-state index contributed by atoms with van der Waals surface area (Å²) in [5.74, 6) is 2.83. The van der Waals surface area contributed by atoms with Gasteiger partial charge in [0.25, 0.3) is 0 Å². The molecule has 2 aromatic rings. The van der Waals surface area contributed by atoms with Crippen LogP contribution in [-0.2, 0) is 10.8 Å². The summed E-state index contributed by atoms with van der Waals surface area (Å²) >= 11 is 0. The molecule has 6 fully saturated rings. The Kier molecular flexibility index (Phi) is 6.41. The number of phenols is 2. The Morgan fingerprint density at radius 1 is 0.600 bits per heavy atom. The molecular weight excluding hydrogens is 488 g/mol. The van der Waals surface area contributed by atoms with E-state index in [-0.39, 0.29) is 16.2 Å². The monoisotopic (exact) mass is 540 g/mol. The van der Waals surface area contributed by atoms with E-state index in [0.29, 0.717) is 28.7 Å². The fraction of sp³-hybridized carbons (Fsp3) is 0.684. The Labute approximate surface area is 243 Å². The third kappa shape index (κ3) is 4.25. The second-order valence-electron chi connectivity index (χ2n) is 16.3. The Bertz CT molecular complexity index is 1170. The summed E-state index contributed by atoms with van der Waals surface area (Å²) in [4.78, 5) is 0. The summed E-state index contributed by atoms with van der Waals surface area (Å²) in [6, 6.07) is 13.7. The van der Waals surface area contributed by atoms with Crippen molar-refractivity contribution < 1.29 is 10.2 Å². The van der Waals surface area contributed by atoms with Crippen LogP contribution in [-0.4, -0.2) is 10.2 Å². The first-order valence-corrected chi connectivity index (χ1v) is 16.8. The topological polar surface area (TPSA) is 40.5 Å². The van der Waals surface area contributed by atoms with E-state index < -0.39 is 0 Å². The van der Waals surface area contributed by atoms with Crippen LogP contribution in [0.5, 0.6) is 11.5 Å². The average molecular weight is 541 g/mol. The van der Waals surface area contributed by atoms with Crippen molar-refractivity contribution in [3.8, 4) is 11.5 Å². The van der Waals surface area contributed by atoms with Gasteiger partial charge >= 0.3 is 0 Å². The molecule has 0 heterocycles. The Morgan fingerprint density at radius 2 is 1.05 bits per heavy atom. The average Bonchev–Trinajstić information content (AvgIpc) is 2.93. The molecule has 2 aromatic carbocycles. The lowest BCUT2D eigenvalue weighted by molar-refractivity contribution is -0.141. The van der Waals surface area contributed by atoms with Crippen molar-refractivity contribution in [1.82, 2.24) is 0 Å². The van der Waals surface area contributed by atoms with Gasteiger partial charge in [-0.05, 0) is 138 Å². The van der Waals surface area contributed by atoms with Crippen LogP contribution in [0.2, 0.25) is 0 Å². The minimum atomic E-state index is 0.173. The van der Waals surface area contributed by atoms with Crippen LogP contribution in [0.4, 0.5) is 0 Å². The maximum absolute atomic E-state index is 11.0. The molecular formula is C38H52O2. The Balaban J connectivity index is 1.33. The number of aromatic hydroxyl groups is 2. The van der Waals surface area contributed by atoms with Crippen molar-refractivity contribution in [3.63, 3.8) is 0 Å². The van der Waals surface area contributed by atoms with Gasteiger partial charge in [-0.25, -0.2) is 0 Å². The third-order valence-corrected chi connectivity index (χ3v) is 13.0.